The van der Waals surface area contributed by atoms with Crippen LogP contribution >= 0.6 is 0 Å². The molecule has 2 heterocycles. The van der Waals surface area contributed by atoms with Crippen molar-refractivity contribution in [1.82, 2.24) is 9.64 Å². The van der Waals surface area contributed by atoms with Crippen molar-refractivity contribution in [2.24, 2.45) is 0 Å². The van der Waals surface area contributed by atoms with Gasteiger partial charge in [-0.2, -0.15) is 4.74 Å². The Kier molecular flexibility index (Phi) is 5.16. The number of hydrogen-bond acceptors (Lipinski definition) is 6. The molecule has 0 radical (unpaired) electrons. The van der Waals surface area contributed by atoms with Gasteiger partial charge in [-0.3, -0.25) is 14.5 Å². The molecule has 1 N–H and O–H groups in total. The molecule has 2 atom stereocenters. The summed E-state index contributed by atoms with van der Waals surface area (Å²) in [5.74, 6) is -0.506. The zero-order chi connectivity index (χ0) is 15.4. The summed E-state index contributed by atoms with van der Waals surface area (Å²) >= 11 is 0. The third-order valence-electron chi connectivity index (χ3n) is 3.52. The van der Waals surface area contributed by atoms with Gasteiger partial charge >= 0.3 is 5.97 Å². The molecule has 2 unspecified atom stereocenters. The molecule has 1 fully saturated rings. The summed E-state index contributed by atoms with van der Waals surface area (Å²) in [5, 5.41) is 9.50. The van der Waals surface area contributed by atoms with Gasteiger partial charge in [0.1, 0.15) is 17.9 Å². The number of methoxy groups -OCH3 is 1. The molecule has 21 heavy (non-hydrogen) atoms. The Morgan fingerprint density at radius 1 is 1.48 bits per heavy atom. The van der Waals surface area contributed by atoms with E-state index >= 15 is 0 Å². The number of aromatic nitrogens is 1. The van der Waals surface area contributed by atoms with Gasteiger partial charge in [0, 0.05) is 26.3 Å². The van der Waals surface area contributed by atoms with Crippen LogP contribution < -0.4 is 5.56 Å². The average molecular weight is 300 g/mol. The van der Waals surface area contributed by atoms with Gasteiger partial charge in [-0.05, 0) is 6.92 Å². The smallest absolute Gasteiger partial charge is 0.323 e. The van der Waals surface area contributed by atoms with Gasteiger partial charge in [0.15, 0.2) is 0 Å². The third kappa shape index (κ3) is 3.72. The normalized spacial score (nSPS) is 19.3. The Morgan fingerprint density at radius 2 is 2.14 bits per heavy atom. The van der Waals surface area contributed by atoms with Crippen molar-refractivity contribution in [2.75, 3.05) is 33.4 Å². The standard InChI is InChI=1S/C13H20N2O6/c1-9-7-11(16)15(21-9)8-10(19-2)12(13(17)18)14-3-5-20-6-4-14/h7,10,12H,3-6,8H2,1-2H3,(H,17,18). The van der Waals surface area contributed by atoms with Gasteiger partial charge in [0.25, 0.3) is 5.56 Å². The number of ether oxygens (including phenoxy) is 2. The number of aliphatic carboxylic acids is 1. The van der Waals surface area contributed by atoms with Crippen molar-refractivity contribution in [3.63, 3.8) is 0 Å². The monoisotopic (exact) mass is 300 g/mol. The lowest BCUT2D eigenvalue weighted by Gasteiger charge is -2.35. The molecule has 8 nitrogen and oxygen atoms in total. The molecule has 8 heteroatoms. The van der Waals surface area contributed by atoms with Crippen LogP contribution in [0.1, 0.15) is 5.76 Å². The Labute approximate surface area is 121 Å². The van der Waals surface area contributed by atoms with Gasteiger partial charge in [-0.25, -0.2) is 0 Å². The van der Waals surface area contributed by atoms with Gasteiger partial charge in [-0.15, -0.1) is 0 Å². The molecule has 2 rings (SSSR count). The van der Waals surface area contributed by atoms with E-state index in [9.17, 15) is 14.7 Å². The number of aryl methyl sites for hydroxylation is 1. The second-order valence-corrected chi connectivity index (χ2v) is 4.95. The fourth-order valence-corrected chi connectivity index (χ4v) is 2.49. The molecule has 0 aliphatic carbocycles. The summed E-state index contributed by atoms with van der Waals surface area (Å²) in [7, 11) is 1.43. The lowest BCUT2D eigenvalue weighted by molar-refractivity contribution is -0.152. The van der Waals surface area contributed by atoms with E-state index in [-0.39, 0.29) is 12.1 Å². The second kappa shape index (κ2) is 6.88. The van der Waals surface area contributed by atoms with E-state index in [2.05, 4.69) is 0 Å². The maximum absolute atomic E-state index is 11.7. The van der Waals surface area contributed by atoms with Gasteiger partial charge < -0.3 is 19.1 Å². The van der Waals surface area contributed by atoms with Crippen molar-refractivity contribution in [1.29, 1.82) is 0 Å². The zero-order valence-corrected chi connectivity index (χ0v) is 12.2. The molecule has 1 saturated heterocycles. The number of carbonyl (C=O) groups is 1. The number of hydrogen-bond donors (Lipinski definition) is 1. The summed E-state index contributed by atoms with van der Waals surface area (Å²) in [4.78, 5) is 25.1. The van der Waals surface area contributed by atoms with E-state index in [1.807, 2.05) is 0 Å². The molecule has 1 aliphatic rings. The molecule has 0 spiro atoms. The van der Waals surface area contributed by atoms with Crippen molar-refractivity contribution in [3.05, 3.63) is 22.2 Å². The topological polar surface area (TPSA) is 94.1 Å². The average Bonchev–Trinajstić information content (AvgIpc) is 2.77. The predicted octanol–water partition coefficient (Wildman–Crippen LogP) is -0.450. The van der Waals surface area contributed by atoms with E-state index in [0.717, 1.165) is 4.74 Å². The lowest BCUT2D eigenvalue weighted by Crippen LogP contribution is -2.55. The Balaban J connectivity index is 2.17. The van der Waals surface area contributed by atoms with E-state index < -0.39 is 18.1 Å². The number of carboxylic acid groups (broad SMARTS) is 1. The quantitative estimate of drug-likeness (QED) is 0.760. The van der Waals surface area contributed by atoms with Crippen molar-refractivity contribution < 1.29 is 23.9 Å². The minimum atomic E-state index is -0.986. The number of rotatable bonds is 6. The van der Waals surface area contributed by atoms with E-state index in [1.54, 1.807) is 11.8 Å². The highest BCUT2D eigenvalue weighted by Crippen LogP contribution is 2.13. The van der Waals surface area contributed by atoms with Crippen LogP contribution in [0.25, 0.3) is 0 Å². The molecule has 118 valence electrons. The summed E-state index contributed by atoms with van der Waals surface area (Å²) in [6.45, 7) is 3.72. The maximum atomic E-state index is 11.7. The fourth-order valence-electron chi connectivity index (χ4n) is 2.49. The largest absolute Gasteiger partial charge is 0.480 e. The first-order valence-electron chi connectivity index (χ1n) is 6.78. The molecule has 1 aliphatic heterocycles. The Hall–Kier alpha value is -1.64. The van der Waals surface area contributed by atoms with Gasteiger partial charge in [-0.1, -0.05) is 0 Å². The SMILES string of the molecule is COC(Cn1oc(C)cc1=O)C(C(=O)O)N1CCOCC1. The lowest BCUT2D eigenvalue weighted by atomic mass is 10.1. The van der Waals surface area contributed by atoms with Crippen LogP contribution in [0.5, 0.6) is 0 Å². The number of nitrogens with zero attached hydrogens (tertiary/aromatic N) is 2. The Morgan fingerprint density at radius 3 is 2.62 bits per heavy atom. The molecule has 1 aromatic rings. The maximum Gasteiger partial charge on any atom is 0.323 e. The van der Waals surface area contributed by atoms with Crippen LogP contribution in [0.3, 0.4) is 0 Å². The number of morpholine rings is 1. The highest BCUT2D eigenvalue weighted by Gasteiger charge is 2.35. The molecule has 0 bridgehead atoms. The summed E-state index contributed by atoms with van der Waals surface area (Å²) in [5.41, 5.74) is -0.305. The van der Waals surface area contributed by atoms with Crippen molar-refractivity contribution >= 4 is 5.97 Å². The van der Waals surface area contributed by atoms with Crippen LogP contribution in [-0.4, -0.2) is 66.3 Å². The summed E-state index contributed by atoms with van der Waals surface area (Å²) in [6, 6.07) is 0.508. The van der Waals surface area contributed by atoms with Gasteiger partial charge in [0.2, 0.25) is 0 Å². The van der Waals surface area contributed by atoms with Crippen molar-refractivity contribution in [2.45, 2.75) is 25.6 Å². The first-order chi connectivity index (χ1) is 10.0. The molecule has 0 aromatic carbocycles. The van der Waals surface area contributed by atoms with Crippen LogP contribution in [0.15, 0.2) is 15.4 Å². The molecule has 0 saturated carbocycles. The molecular formula is C13H20N2O6. The molecule has 0 amide bonds. The zero-order valence-electron chi connectivity index (χ0n) is 12.2. The van der Waals surface area contributed by atoms with E-state index in [0.29, 0.717) is 32.1 Å². The first kappa shape index (κ1) is 15.7. The highest BCUT2D eigenvalue weighted by molar-refractivity contribution is 5.74. The van der Waals surface area contributed by atoms with Crippen LogP contribution in [-0.2, 0) is 20.8 Å². The second-order valence-electron chi connectivity index (χ2n) is 4.95. The minimum absolute atomic E-state index is 0.0531. The van der Waals surface area contributed by atoms with Crippen LogP contribution in [0.4, 0.5) is 0 Å². The molecular weight excluding hydrogens is 280 g/mol. The fraction of sp³-hybridized carbons (Fsp3) is 0.692. The summed E-state index contributed by atoms with van der Waals surface area (Å²) in [6.07, 6.45) is -0.691. The van der Waals surface area contributed by atoms with Crippen molar-refractivity contribution in [3.8, 4) is 0 Å². The summed E-state index contributed by atoms with van der Waals surface area (Å²) < 4.78 is 16.9. The van der Waals surface area contributed by atoms with E-state index in [4.69, 9.17) is 14.0 Å². The van der Waals surface area contributed by atoms with Crippen LogP contribution in [0, 0.1) is 6.92 Å². The minimum Gasteiger partial charge on any atom is -0.480 e. The first-order valence-corrected chi connectivity index (χ1v) is 6.78. The van der Waals surface area contributed by atoms with E-state index in [1.165, 1.54) is 13.2 Å². The number of carboxylic acids is 1. The van der Waals surface area contributed by atoms with Crippen LogP contribution in [0.2, 0.25) is 0 Å². The highest BCUT2D eigenvalue weighted by atomic mass is 16.5. The van der Waals surface area contributed by atoms with Gasteiger partial charge in [0.05, 0.1) is 19.8 Å². The third-order valence-corrected chi connectivity index (χ3v) is 3.52. The molecule has 1 aromatic heterocycles. The predicted molar refractivity (Wildman–Crippen MR) is 72.3 cm³/mol. The Bertz CT molecular complexity index is 531.